The van der Waals surface area contributed by atoms with Crippen molar-refractivity contribution in [2.45, 2.75) is 19.3 Å². The van der Waals surface area contributed by atoms with Gasteiger partial charge in [-0.05, 0) is 37.0 Å². The molecule has 0 aliphatic heterocycles. The molecule has 0 radical (unpaired) electrons. The predicted octanol–water partition coefficient (Wildman–Crippen LogP) is 2.00. The summed E-state index contributed by atoms with van der Waals surface area (Å²) in [7, 11) is 0. The minimum atomic E-state index is -0.250. The third-order valence-corrected chi connectivity index (χ3v) is 2.74. The molecule has 1 aromatic carbocycles. The van der Waals surface area contributed by atoms with E-state index in [0.717, 1.165) is 12.0 Å². The van der Waals surface area contributed by atoms with Crippen LogP contribution in [-0.2, 0) is 9.63 Å². The Balaban J connectivity index is 1.91. The van der Waals surface area contributed by atoms with E-state index >= 15 is 0 Å². The molecule has 0 aromatic heterocycles. The van der Waals surface area contributed by atoms with Crippen molar-refractivity contribution in [2.24, 2.45) is 5.92 Å². The minimum Gasteiger partial charge on any atom is -0.274 e. The number of amides is 1. The van der Waals surface area contributed by atoms with Crippen LogP contribution in [0.15, 0.2) is 24.3 Å². The predicted molar refractivity (Wildman–Crippen MR) is 57.0 cm³/mol. The van der Waals surface area contributed by atoms with Crippen LogP contribution in [0, 0.1) is 11.7 Å². The summed E-state index contributed by atoms with van der Waals surface area (Å²) in [6, 6.07) is 6.30. The van der Waals surface area contributed by atoms with Gasteiger partial charge in [0.15, 0.2) is 0 Å². The quantitative estimate of drug-likeness (QED) is 0.793. The van der Waals surface area contributed by atoms with Crippen LogP contribution in [0.4, 0.5) is 4.39 Å². The van der Waals surface area contributed by atoms with Crippen LogP contribution < -0.4 is 5.48 Å². The van der Waals surface area contributed by atoms with Crippen LogP contribution >= 0.6 is 0 Å². The summed E-state index contributed by atoms with van der Waals surface area (Å²) in [6.07, 6.45) is 0.810. The molecule has 1 N–H and O–H groups in total. The van der Waals surface area contributed by atoms with Crippen LogP contribution in [0.2, 0.25) is 0 Å². The van der Waals surface area contributed by atoms with Crippen molar-refractivity contribution in [1.82, 2.24) is 5.48 Å². The maximum atomic E-state index is 12.7. The Hall–Kier alpha value is -1.42. The van der Waals surface area contributed by atoms with Gasteiger partial charge in [0.2, 0.25) is 5.91 Å². The second kappa shape index (κ2) is 4.61. The third-order valence-electron chi connectivity index (χ3n) is 2.74. The van der Waals surface area contributed by atoms with Gasteiger partial charge in [-0.15, -0.1) is 0 Å². The van der Waals surface area contributed by atoms with E-state index in [2.05, 4.69) is 5.48 Å². The van der Waals surface area contributed by atoms with Crippen molar-refractivity contribution in [3.05, 3.63) is 35.6 Å². The summed E-state index contributed by atoms with van der Waals surface area (Å²) in [4.78, 5) is 16.3. The minimum absolute atomic E-state index is 0.0305. The number of hydrogen-bond donors (Lipinski definition) is 1. The summed E-state index contributed by atoms with van der Waals surface area (Å²) < 4.78 is 12.7. The van der Waals surface area contributed by atoms with Gasteiger partial charge in [-0.25, -0.2) is 9.87 Å². The molecule has 1 aliphatic carbocycles. The highest BCUT2D eigenvalue weighted by atomic mass is 19.1. The molecule has 0 spiro atoms. The average Bonchev–Trinajstić information content (AvgIpc) is 3.07. The first-order chi connectivity index (χ1) is 7.72. The zero-order chi connectivity index (χ0) is 11.5. The number of halogens is 1. The molecule has 4 heteroatoms. The molecule has 16 heavy (non-hydrogen) atoms. The first-order valence-electron chi connectivity index (χ1n) is 5.39. The smallest absolute Gasteiger partial charge is 0.247 e. The van der Waals surface area contributed by atoms with E-state index in [0.29, 0.717) is 6.61 Å². The van der Waals surface area contributed by atoms with Crippen molar-refractivity contribution >= 4 is 5.91 Å². The lowest BCUT2D eigenvalue weighted by molar-refractivity contribution is -0.134. The van der Waals surface area contributed by atoms with Crippen LogP contribution in [0.1, 0.15) is 24.8 Å². The Morgan fingerprint density at radius 3 is 2.81 bits per heavy atom. The van der Waals surface area contributed by atoms with E-state index < -0.39 is 0 Å². The summed E-state index contributed by atoms with van der Waals surface area (Å²) >= 11 is 0. The van der Waals surface area contributed by atoms with Crippen LogP contribution in [0.25, 0.3) is 0 Å². The number of carbonyl (C=O) groups is 1. The van der Waals surface area contributed by atoms with E-state index in [4.69, 9.17) is 4.84 Å². The molecule has 2 unspecified atom stereocenters. The Morgan fingerprint density at radius 2 is 2.19 bits per heavy atom. The van der Waals surface area contributed by atoms with Gasteiger partial charge in [0.1, 0.15) is 5.82 Å². The van der Waals surface area contributed by atoms with Gasteiger partial charge in [0, 0.05) is 5.92 Å². The Kier molecular flexibility index (Phi) is 3.19. The highest BCUT2D eigenvalue weighted by Crippen LogP contribution is 2.47. The monoisotopic (exact) mass is 223 g/mol. The zero-order valence-electron chi connectivity index (χ0n) is 9.07. The van der Waals surface area contributed by atoms with Crippen molar-refractivity contribution < 1.29 is 14.0 Å². The molecule has 0 saturated heterocycles. The third kappa shape index (κ3) is 2.39. The molecular weight excluding hydrogens is 209 g/mol. The van der Waals surface area contributed by atoms with Gasteiger partial charge in [0.05, 0.1) is 6.61 Å². The van der Waals surface area contributed by atoms with Gasteiger partial charge in [-0.1, -0.05) is 12.1 Å². The second-order valence-electron chi connectivity index (χ2n) is 3.90. The molecule has 3 nitrogen and oxygen atoms in total. The van der Waals surface area contributed by atoms with Gasteiger partial charge in [-0.3, -0.25) is 9.63 Å². The Labute approximate surface area is 93.6 Å². The number of rotatable bonds is 4. The van der Waals surface area contributed by atoms with Gasteiger partial charge < -0.3 is 0 Å². The number of hydroxylamine groups is 1. The lowest BCUT2D eigenvalue weighted by atomic mass is 10.1. The van der Waals surface area contributed by atoms with Gasteiger partial charge >= 0.3 is 0 Å². The maximum Gasteiger partial charge on any atom is 0.247 e. The van der Waals surface area contributed by atoms with E-state index in [1.807, 2.05) is 6.92 Å². The summed E-state index contributed by atoms with van der Waals surface area (Å²) in [5, 5.41) is 0. The molecule has 2 rings (SSSR count). The van der Waals surface area contributed by atoms with E-state index in [1.54, 1.807) is 12.1 Å². The average molecular weight is 223 g/mol. The first-order valence-corrected chi connectivity index (χ1v) is 5.39. The van der Waals surface area contributed by atoms with Gasteiger partial charge in [0.25, 0.3) is 0 Å². The van der Waals surface area contributed by atoms with E-state index in [9.17, 15) is 9.18 Å². The molecule has 86 valence electrons. The van der Waals surface area contributed by atoms with E-state index in [1.165, 1.54) is 12.1 Å². The van der Waals surface area contributed by atoms with Gasteiger partial charge in [-0.2, -0.15) is 0 Å². The number of nitrogens with one attached hydrogen (secondary N) is 1. The summed E-state index contributed by atoms with van der Waals surface area (Å²) in [6.45, 7) is 2.27. The fourth-order valence-electron chi connectivity index (χ4n) is 1.78. The van der Waals surface area contributed by atoms with Crippen molar-refractivity contribution in [1.29, 1.82) is 0 Å². The fraction of sp³-hybridized carbons (Fsp3) is 0.417. The summed E-state index contributed by atoms with van der Waals surface area (Å²) in [5.74, 6) is -0.158. The van der Waals surface area contributed by atoms with E-state index in [-0.39, 0.29) is 23.6 Å². The topological polar surface area (TPSA) is 38.3 Å². The summed E-state index contributed by atoms with van der Waals surface area (Å²) in [5.41, 5.74) is 3.40. The number of carbonyl (C=O) groups excluding carboxylic acids is 1. The largest absolute Gasteiger partial charge is 0.274 e. The molecule has 0 heterocycles. The molecule has 0 bridgehead atoms. The molecule has 1 fully saturated rings. The lowest BCUT2D eigenvalue weighted by Crippen LogP contribution is -2.25. The molecule has 1 aliphatic rings. The van der Waals surface area contributed by atoms with Crippen molar-refractivity contribution in [2.75, 3.05) is 6.61 Å². The number of hydrogen-bond acceptors (Lipinski definition) is 2. The fourth-order valence-corrected chi connectivity index (χ4v) is 1.78. The maximum absolute atomic E-state index is 12.7. The SMILES string of the molecule is CCONC(=O)C1CC1c1ccc(F)cc1. The second-order valence-corrected chi connectivity index (χ2v) is 3.90. The van der Waals surface area contributed by atoms with Crippen LogP contribution in [0.3, 0.4) is 0 Å². The highest BCUT2D eigenvalue weighted by molar-refractivity contribution is 5.81. The zero-order valence-corrected chi connectivity index (χ0v) is 9.07. The molecule has 1 aromatic rings. The van der Waals surface area contributed by atoms with Crippen LogP contribution in [0.5, 0.6) is 0 Å². The van der Waals surface area contributed by atoms with Crippen molar-refractivity contribution in [3.8, 4) is 0 Å². The first kappa shape index (κ1) is 11.1. The highest BCUT2D eigenvalue weighted by Gasteiger charge is 2.44. The molecular formula is C12H14FNO2. The standard InChI is InChI=1S/C12H14FNO2/c1-2-16-14-12(15)11-7-10(11)8-3-5-9(13)6-4-8/h3-6,10-11H,2,7H2,1H3,(H,14,15). The Bertz CT molecular complexity index is 377. The normalized spacial score (nSPS) is 22.9. The number of benzene rings is 1. The lowest BCUT2D eigenvalue weighted by Gasteiger charge is -2.03. The molecule has 1 amide bonds. The molecule has 2 atom stereocenters. The Morgan fingerprint density at radius 1 is 1.50 bits per heavy atom. The van der Waals surface area contributed by atoms with Crippen molar-refractivity contribution in [3.63, 3.8) is 0 Å². The molecule has 1 saturated carbocycles. The van der Waals surface area contributed by atoms with Crippen LogP contribution in [-0.4, -0.2) is 12.5 Å².